The van der Waals surface area contributed by atoms with Gasteiger partial charge in [-0.2, -0.15) is 12.9 Å². The van der Waals surface area contributed by atoms with Crippen LogP contribution in [0.25, 0.3) is 0 Å². The molecule has 4 aromatic carbocycles. The van der Waals surface area contributed by atoms with Crippen LogP contribution in [0.1, 0.15) is 16.7 Å². The Morgan fingerprint density at radius 1 is 0.375 bits per heavy atom. The molecule has 13 heteroatoms. The molecule has 48 heavy (non-hydrogen) atoms. The minimum atomic E-state index is -4.12. The molecule has 0 bridgehead atoms. The Hall–Kier alpha value is -3.59. The van der Waals surface area contributed by atoms with Gasteiger partial charge in [0, 0.05) is 58.0 Å². The van der Waals surface area contributed by atoms with Crippen LogP contribution in [0.15, 0.2) is 118 Å². The van der Waals surface area contributed by atoms with Gasteiger partial charge in [-0.3, -0.25) is 0 Å². The highest BCUT2D eigenvalue weighted by atomic mass is 32.2. The van der Waals surface area contributed by atoms with Gasteiger partial charge >= 0.3 is 0 Å². The van der Waals surface area contributed by atoms with Crippen molar-refractivity contribution in [3.63, 3.8) is 0 Å². The molecule has 0 amide bonds. The molecule has 0 radical (unpaired) electrons. The summed E-state index contributed by atoms with van der Waals surface area (Å²) in [4.78, 5) is 2.26. The van der Waals surface area contributed by atoms with Crippen molar-refractivity contribution in [3.8, 4) is 0 Å². The molecule has 0 N–H and O–H groups in total. The number of sulfonamides is 3. The highest BCUT2D eigenvalue weighted by Crippen LogP contribution is 2.23. The lowest BCUT2D eigenvalue weighted by Gasteiger charge is -2.34. The summed E-state index contributed by atoms with van der Waals surface area (Å²) in [7, 11) is -12.1. The number of hydrogen-bond donors (Lipinski definition) is 0. The van der Waals surface area contributed by atoms with Gasteiger partial charge in [-0.15, -0.1) is 0 Å². The molecule has 256 valence electrons. The van der Waals surface area contributed by atoms with Gasteiger partial charge in [-0.1, -0.05) is 71.3 Å². The normalized spacial score (nSPS) is 17.0. The van der Waals surface area contributed by atoms with E-state index in [1.54, 1.807) is 60.7 Å². The van der Waals surface area contributed by atoms with E-state index in [0.717, 1.165) is 22.4 Å². The average molecular weight is 711 g/mol. The summed E-state index contributed by atoms with van der Waals surface area (Å²) in [6.07, 6.45) is 0. The van der Waals surface area contributed by atoms with E-state index in [2.05, 4.69) is 0 Å². The first-order chi connectivity index (χ1) is 22.8. The predicted octanol–water partition coefficient (Wildman–Crippen LogP) is 4.50. The van der Waals surface area contributed by atoms with Crippen molar-refractivity contribution in [2.24, 2.45) is 0 Å². The van der Waals surface area contributed by atoms with Crippen molar-refractivity contribution >= 4 is 35.8 Å². The van der Waals surface area contributed by atoms with Crippen LogP contribution in [0.4, 0.5) is 5.69 Å². The first kappa shape index (κ1) is 35.7. The lowest BCUT2D eigenvalue weighted by Crippen LogP contribution is -2.49. The van der Waals surface area contributed by atoms with Crippen LogP contribution >= 0.6 is 0 Å². The summed E-state index contributed by atoms with van der Waals surface area (Å²) >= 11 is 0. The number of aryl methyl sites for hydroxylation is 3. The van der Waals surface area contributed by atoms with Crippen molar-refractivity contribution in [1.29, 1.82) is 0 Å². The summed E-state index contributed by atoms with van der Waals surface area (Å²) < 4.78 is 88.1. The highest BCUT2D eigenvalue weighted by molar-refractivity contribution is 7.89. The maximum atomic E-state index is 14.1. The van der Waals surface area contributed by atoms with E-state index in [-0.39, 0.29) is 67.0 Å². The number of para-hydroxylation sites is 1. The van der Waals surface area contributed by atoms with Gasteiger partial charge in [-0.25, -0.2) is 25.3 Å². The van der Waals surface area contributed by atoms with E-state index >= 15 is 0 Å². The van der Waals surface area contributed by atoms with Gasteiger partial charge in [-0.05, 0) is 69.3 Å². The monoisotopic (exact) mass is 710 g/mol. The molecular formula is C35H42N4O6S3. The Bertz CT molecular complexity index is 1910. The summed E-state index contributed by atoms with van der Waals surface area (Å²) in [5.41, 5.74) is 3.53. The van der Waals surface area contributed by atoms with Crippen molar-refractivity contribution in [2.45, 2.75) is 35.5 Å². The predicted molar refractivity (Wildman–Crippen MR) is 188 cm³/mol. The van der Waals surface area contributed by atoms with Gasteiger partial charge in [0.15, 0.2) is 0 Å². The zero-order valence-corrected chi connectivity index (χ0v) is 29.9. The molecule has 1 fully saturated rings. The summed E-state index contributed by atoms with van der Waals surface area (Å²) in [6.45, 7) is 5.59. The van der Waals surface area contributed by atoms with Gasteiger partial charge in [0.2, 0.25) is 30.1 Å². The van der Waals surface area contributed by atoms with E-state index < -0.39 is 30.1 Å². The topological polar surface area (TPSA) is 115 Å². The lowest BCUT2D eigenvalue weighted by molar-refractivity contribution is 0.310. The largest absolute Gasteiger partial charge is 0.369 e. The number of anilines is 1. The van der Waals surface area contributed by atoms with E-state index in [0.29, 0.717) is 0 Å². The third-order valence-corrected chi connectivity index (χ3v) is 14.3. The Morgan fingerprint density at radius 2 is 0.646 bits per heavy atom. The van der Waals surface area contributed by atoms with Gasteiger partial charge in [0.25, 0.3) is 0 Å². The fraction of sp³-hybridized carbons (Fsp3) is 0.314. The van der Waals surface area contributed by atoms with Gasteiger partial charge in [0.05, 0.1) is 14.7 Å². The number of hydrogen-bond acceptors (Lipinski definition) is 7. The molecule has 0 spiro atoms. The third kappa shape index (κ3) is 8.16. The average Bonchev–Trinajstić information content (AvgIpc) is 3.05. The first-order valence-corrected chi connectivity index (χ1v) is 20.1. The molecule has 0 saturated carbocycles. The third-order valence-electron chi connectivity index (χ3n) is 8.53. The molecule has 5 rings (SSSR count). The maximum Gasteiger partial charge on any atom is 0.243 e. The quantitative estimate of drug-likeness (QED) is 0.278. The molecule has 0 aliphatic carbocycles. The number of nitrogens with zero attached hydrogens (tertiary/aromatic N) is 4. The zero-order valence-electron chi connectivity index (χ0n) is 27.4. The zero-order chi connectivity index (χ0) is 34.5. The second-order valence-electron chi connectivity index (χ2n) is 12.0. The molecular weight excluding hydrogens is 669 g/mol. The molecule has 10 nitrogen and oxygen atoms in total. The SMILES string of the molecule is Cc1ccc(S(=O)(=O)N2CCN(c3ccccc3)CCN(S(=O)(=O)c3ccc(C)cc3)CCN(S(=O)(=O)c3ccc(C)cc3)CC2)cc1. The van der Waals surface area contributed by atoms with Crippen LogP contribution in [-0.2, 0) is 30.1 Å². The molecule has 0 atom stereocenters. The second kappa shape index (κ2) is 14.9. The van der Waals surface area contributed by atoms with Crippen LogP contribution in [0.5, 0.6) is 0 Å². The van der Waals surface area contributed by atoms with Crippen LogP contribution in [0.3, 0.4) is 0 Å². The summed E-state index contributed by atoms with van der Waals surface area (Å²) in [6, 6.07) is 29.0. The fourth-order valence-corrected chi connectivity index (χ4v) is 9.82. The maximum absolute atomic E-state index is 14.1. The Labute approximate surface area is 285 Å². The van der Waals surface area contributed by atoms with Crippen molar-refractivity contribution in [2.75, 3.05) is 57.3 Å². The van der Waals surface area contributed by atoms with E-state index in [1.165, 1.54) is 25.0 Å². The number of benzene rings is 4. The smallest absolute Gasteiger partial charge is 0.243 e. The number of rotatable bonds is 7. The van der Waals surface area contributed by atoms with Crippen LogP contribution < -0.4 is 4.90 Å². The van der Waals surface area contributed by atoms with E-state index in [9.17, 15) is 25.3 Å². The second-order valence-corrected chi connectivity index (χ2v) is 17.8. The molecule has 4 aromatic rings. The fourth-order valence-electron chi connectivity index (χ4n) is 5.55. The molecule has 1 saturated heterocycles. The molecule has 1 heterocycles. The molecule has 0 unspecified atom stereocenters. The Kier molecular flexibility index (Phi) is 11.1. The van der Waals surface area contributed by atoms with Crippen molar-refractivity contribution in [1.82, 2.24) is 12.9 Å². The van der Waals surface area contributed by atoms with E-state index in [1.807, 2.05) is 56.0 Å². The van der Waals surface area contributed by atoms with Crippen LogP contribution in [0.2, 0.25) is 0 Å². The van der Waals surface area contributed by atoms with E-state index in [4.69, 9.17) is 0 Å². The van der Waals surface area contributed by atoms with Crippen molar-refractivity contribution < 1.29 is 25.3 Å². The van der Waals surface area contributed by atoms with Crippen molar-refractivity contribution in [3.05, 3.63) is 120 Å². The molecule has 1 aliphatic rings. The minimum Gasteiger partial charge on any atom is -0.369 e. The lowest BCUT2D eigenvalue weighted by atomic mass is 10.2. The first-order valence-electron chi connectivity index (χ1n) is 15.8. The summed E-state index contributed by atoms with van der Waals surface area (Å²) in [5, 5.41) is 0. The van der Waals surface area contributed by atoms with Gasteiger partial charge < -0.3 is 4.90 Å². The molecule has 0 aromatic heterocycles. The van der Waals surface area contributed by atoms with Gasteiger partial charge in [0.1, 0.15) is 0 Å². The van der Waals surface area contributed by atoms with Crippen LogP contribution in [0, 0.1) is 20.8 Å². The Morgan fingerprint density at radius 3 is 0.938 bits per heavy atom. The summed E-state index contributed by atoms with van der Waals surface area (Å²) in [5.74, 6) is 0. The minimum absolute atomic E-state index is 0.0498. The highest BCUT2D eigenvalue weighted by Gasteiger charge is 2.33. The Balaban J connectivity index is 1.56. The standard InChI is InChI=1S/C35H42N4O6S3/c1-29-9-15-33(16-10-29)46(40,41)37-23-21-36(32-7-5-4-6-8-32)22-24-38(47(42,43)34-17-11-30(2)12-18-34)26-28-39(27-25-37)48(44,45)35-19-13-31(3)14-20-35/h4-20H,21-28H2,1-3H3. The molecule has 1 aliphatic heterocycles. The van der Waals surface area contributed by atoms with Crippen LogP contribution in [-0.4, -0.2) is 90.5 Å².